The highest BCUT2D eigenvalue weighted by molar-refractivity contribution is 6.74. The van der Waals surface area contributed by atoms with Crippen LogP contribution in [-0.2, 0) is 4.74 Å². The van der Waals surface area contributed by atoms with E-state index in [2.05, 4.69) is 89.1 Å². The van der Waals surface area contributed by atoms with Gasteiger partial charge in [0.1, 0.15) is 17.2 Å². The molecule has 0 heterocycles. The second kappa shape index (κ2) is 12.7. The minimum absolute atomic E-state index is 0.000713. The van der Waals surface area contributed by atoms with Crippen molar-refractivity contribution in [1.29, 1.82) is 0 Å². The average molecular weight is 559 g/mol. The van der Waals surface area contributed by atoms with Crippen LogP contribution >= 0.6 is 0 Å². The fourth-order valence-electron chi connectivity index (χ4n) is 5.00. The second-order valence-corrected chi connectivity index (χ2v) is 17.1. The molecule has 1 aliphatic carbocycles. The van der Waals surface area contributed by atoms with Crippen LogP contribution < -0.4 is 20.2 Å². The highest BCUT2D eigenvalue weighted by Gasteiger charge is 2.40. The fraction of sp³-hybridized carbons (Fsp3) is 0.412. The molecule has 0 bridgehead atoms. The zero-order valence-corrected chi connectivity index (χ0v) is 25.9. The monoisotopic (exact) mass is 558 g/mol. The van der Waals surface area contributed by atoms with Gasteiger partial charge in [0.05, 0.1) is 12.7 Å². The van der Waals surface area contributed by atoms with Crippen LogP contribution in [0.1, 0.15) is 68.9 Å². The predicted molar refractivity (Wildman–Crippen MR) is 168 cm³/mol. The minimum Gasteiger partial charge on any atom is -0.543 e. The Bertz CT molecular complexity index is 1270. The zero-order valence-electron chi connectivity index (χ0n) is 24.9. The fourth-order valence-corrected chi connectivity index (χ4v) is 6.04. The molecule has 4 rings (SSSR count). The van der Waals surface area contributed by atoms with Crippen LogP contribution in [0.2, 0.25) is 18.1 Å². The van der Waals surface area contributed by atoms with E-state index in [-0.39, 0.29) is 29.1 Å². The molecular formula is C34H46N2O3Si. The molecule has 40 heavy (non-hydrogen) atoms. The van der Waals surface area contributed by atoms with Crippen LogP contribution in [0.4, 0.5) is 0 Å². The van der Waals surface area contributed by atoms with Gasteiger partial charge in [0.2, 0.25) is 8.32 Å². The molecule has 0 fully saturated rings. The number of benzene rings is 3. The van der Waals surface area contributed by atoms with E-state index in [4.69, 9.17) is 19.6 Å². The molecular weight excluding hydrogens is 512 g/mol. The maximum Gasteiger partial charge on any atom is 0.250 e. The molecule has 214 valence electrons. The van der Waals surface area contributed by atoms with Gasteiger partial charge < -0.3 is 25.0 Å². The Kier molecular flexibility index (Phi) is 9.57. The molecule has 0 saturated carbocycles. The number of nitrogens with one attached hydrogen (secondary N) is 1. The van der Waals surface area contributed by atoms with Crippen molar-refractivity contribution in [1.82, 2.24) is 5.32 Å². The van der Waals surface area contributed by atoms with Crippen LogP contribution in [-0.4, -0.2) is 27.5 Å². The Balaban J connectivity index is 1.58. The summed E-state index contributed by atoms with van der Waals surface area (Å²) in [7, 11) is -2.01. The molecule has 5 nitrogen and oxygen atoms in total. The lowest BCUT2D eigenvalue weighted by atomic mass is 9.91. The SMILES string of the molecule is C=CCOC1CC(NC[C@@H](c2ccccc2O[Si](C)(C)C(C)(C)C)[C@H](C)N)c2cc(Oc3ccccc3)ccc21. The van der Waals surface area contributed by atoms with Crippen LogP contribution in [0, 0.1) is 0 Å². The average Bonchev–Trinajstić information content (AvgIpc) is 3.24. The van der Waals surface area contributed by atoms with Crippen molar-refractivity contribution in [3.8, 4) is 17.2 Å². The van der Waals surface area contributed by atoms with E-state index in [1.807, 2.05) is 36.4 Å². The number of nitrogens with two attached hydrogens (primary N) is 1. The molecule has 4 atom stereocenters. The lowest BCUT2D eigenvalue weighted by Crippen LogP contribution is -2.44. The summed E-state index contributed by atoms with van der Waals surface area (Å²) in [6.45, 7) is 18.5. The molecule has 2 unspecified atom stereocenters. The number of hydrogen-bond acceptors (Lipinski definition) is 5. The summed E-state index contributed by atoms with van der Waals surface area (Å²) in [5.41, 5.74) is 10.2. The van der Waals surface area contributed by atoms with E-state index in [0.717, 1.165) is 35.8 Å². The molecule has 0 amide bonds. The summed E-state index contributed by atoms with van der Waals surface area (Å²) in [5.74, 6) is 2.68. The standard InChI is InChI=1S/C34H46N2O3Si/c1-8-20-37-33-22-31(29-21-26(18-19-28(29)33)38-25-14-10-9-11-15-25)36-23-30(24(2)35)27-16-12-13-17-32(27)39-40(6,7)34(3,4)5/h8-19,21,24,30-31,33,36H,1,20,22-23,35H2,2-7H3/t24-,30+,31?,33?/m0/s1. The van der Waals surface area contributed by atoms with Gasteiger partial charge in [0.15, 0.2) is 0 Å². The van der Waals surface area contributed by atoms with Crippen LogP contribution in [0.15, 0.2) is 85.5 Å². The summed E-state index contributed by atoms with van der Waals surface area (Å²) >= 11 is 0. The summed E-state index contributed by atoms with van der Waals surface area (Å²) in [6.07, 6.45) is 2.64. The largest absolute Gasteiger partial charge is 0.543 e. The Morgan fingerprint density at radius 3 is 2.38 bits per heavy atom. The summed E-state index contributed by atoms with van der Waals surface area (Å²) in [6, 6.07) is 24.6. The van der Waals surface area contributed by atoms with Crippen molar-refractivity contribution in [2.45, 2.75) is 76.4 Å². The predicted octanol–water partition coefficient (Wildman–Crippen LogP) is 8.27. The maximum absolute atomic E-state index is 6.80. The van der Waals surface area contributed by atoms with Crippen molar-refractivity contribution in [3.05, 3.63) is 102 Å². The van der Waals surface area contributed by atoms with Crippen molar-refractivity contribution < 1.29 is 13.9 Å². The third-order valence-corrected chi connectivity index (χ3v) is 12.7. The molecule has 1 aliphatic rings. The Hall–Kier alpha value is -2.90. The van der Waals surface area contributed by atoms with Gasteiger partial charge in [-0.05, 0) is 78.5 Å². The molecule has 0 saturated heterocycles. The van der Waals surface area contributed by atoms with E-state index in [1.54, 1.807) is 6.08 Å². The van der Waals surface area contributed by atoms with Crippen molar-refractivity contribution in [2.24, 2.45) is 5.73 Å². The van der Waals surface area contributed by atoms with E-state index in [0.29, 0.717) is 6.61 Å². The van der Waals surface area contributed by atoms with Gasteiger partial charge in [-0.2, -0.15) is 0 Å². The molecule has 6 heteroatoms. The van der Waals surface area contributed by atoms with Gasteiger partial charge in [0.25, 0.3) is 0 Å². The van der Waals surface area contributed by atoms with Gasteiger partial charge in [-0.15, -0.1) is 6.58 Å². The van der Waals surface area contributed by atoms with E-state index in [9.17, 15) is 0 Å². The number of hydrogen-bond donors (Lipinski definition) is 2. The van der Waals surface area contributed by atoms with Crippen LogP contribution in [0.5, 0.6) is 17.2 Å². The van der Waals surface area contributed by atoms with Crippen LogP contribution in [0.25, 0.3) is 0 Å². The van der Waals surface area contributed by atoms with E-state index < -0.39 is 8.32 Å². The Morgan fingerprint density at radius 1 is 1.00 bits per heavy atom. The molecule has 0 aliphatic heterocycles. The van der Waals surface area contributed by atoms with Gasteiger partial charge in [-0.25, -0.2) is 0 Å². The summed E-state index contributed by atoms with van der Waals surface area (Å²) < 4.78 is 19.1. The first-order chi connectivity index (χ1) is 19.0. The van der Waals surface area contributed by atoms with Crippen molar-refractivity contribution in [3.63, 3.8) is 0 Å². The summed E-state index contributed by atoms with van der Waals surface area (Å²) in [5, 5.41) is 3.96. The van der Waals surface area contributed by atoms with Crippen molar-refractivity contribution in [2.75, 3.05) is 13.2 Å². The molecule has 3 aromatic carbocycles. The number of rotatable bonds is 12. The lowest BCUT2D eigenvalue weighted by molar-refractivity contribution is 0.0698. The first-order valence-corrected chi connectivity index (χ1v) is 17.3. The van der Waals surface area contributed by atoms with Gasteiger partial charge >= 0.3 is 0 Å². The number of ether oxygens (including phenoxy) is 2. The third kappa shape index (κ3) is 7.05. The smallest absolute Gasteiger partial charge is 0.250 e. The minimum atomic E-state index is -2.01. The quantitative estimate of drug-likeness (QED) is 0.173. The Morgan fingerprint density at radius 2 is 1.70 bits per heavy atom. The number of para-hydroxylation sites is 2. The summed E-state index contributed by atoms with van der Waals surface area (Å²) in [4.78, 5) is 0. The van der Waals surface area contributed by atoms with Gasteiger partial charge in [-0.1, -0.05) is 69.3 Å². The first kappa shape index (κ1) is 30.1. The molecule has 3 N–H and O–H groups in total. The Labute approximate surface area is 241 Å². The van der Waals surface area contributed by atoms with Gasteiger partial charge in [0, 0.05) is 24.5 Å². The molecule has 0 radical (unpaired) electrons. The van der Waals surface area contributed by atoms with Gasteiger partial charge in [-0.3, -0.25) is 0 Å². The molecule has 0 spiro atoms. The zero-order chi connectivity index (χ0) is 28.9. The first-order valence-electron chi connectivity index (χ1n) is 14.4. The normalized spacial score (nSPS) is 18.6. The number of fused-ring (bicyclic) bond motifs is 1. The highest BCUT2D eigenvalue weighted by atomic mass is 28.4. The maximum atomic E-state index is 6.80. The highest BCUT2D eigenvalue weighted by Crippen LogP contribution is 2.44. The third-order valence-electron chi connectivity index (χ3n) is 8.33. The van der Waals surface area contributed by atoms with E-state index in [1.165, 1.54) is 11.1 Å². The second-order valence-electron chi connectivity index (χ2n) is 12.4. The lowest BCUT2D eigenvalue weighted by Gasteiger charge is -2.38. The van der Waals surface area contributed by atoms with Crippen LogP contribution in [0.3, 0.4) is 0 Å². The van der Waals surface area contributed by atoms with Crippen molar-refractivity contribution >= 4 is 8.32 Å². The van der Waals surface area contributed by atoms with E-state index >= 15 is 0 Å². The molecule has 0 aromatic heterocycles. The molecule has 3 aromatic rings. The topological polar surface area (TPSA) is 65.7 Å².